The lowest BCUT2D eigenvalue weighted by Gasteiger charge is -2.30. The Balaban J connectivity index is 1.64. The molecule has 3 heterocycles. The number of unbranched alkanes of at least 4 members (excludes halogenated alkanes) is 2. The van der Waals surface area contributed by atoms with Gasteiger partial charge < -0.3 is 16.0 Å². The highest BCUT2D eigenvalue weighted by Gasteiger charge is 2.44. The number of hydrogen-bond acceptors (Lipinski definition) is 10. The zero-order valence-corrected chi connectivity index (χ0v) is 36.4. The van der Waals surface area contributed by atoms with E-state index in [1.807, 2.05) is 72.9 Å². The maximum Gasteiger partial charge on any atom is 0.327 e. The number of nitrogens with two attached hydrogens (primary N) is 1. The van der Waals surface area contributed by atoms with Gasteiger partial charge in [0.05, 0.1) is 38.4 Å². The third-order valence-electron chi connectivity index (χ3n) is 10.2. The molecule has 0 spiro atoms. The summed E-state index contributed by atoms with van der Waals surface area (Å²) >= 11 is 3.54. The fourth-order valence-corrected chi connectivity index (χ4v) is 9.20. The largest absolute Gasteiger partial charge is 0.356 e. The van der Waals surface area contributed by atoms with Crippen molar-refractivity contribution in [1.29, 1.82) is 0 Å². The second-order valence-electron chi connectivity index (χ2n) is 15.0. The fourth-order valence-electron chi connectivity index (χ4n) is 7.23. The number of nitrogens with one attached hydrogen (secondary N) is 1. The van der Waals surface area contributed by atoms with Crippen molar-refractivity contribution in [2.45, 2.75) is 94.4 Å². The Morgan fingerprint density at radius 1 is 0.912 bits per heavy atom. The summed E-state index contributed by atoms with van der Waals surface area (Å²) in [6.45, 7) is 7.55. The molecule has 314 valence electrons. The van der Waals surface area contributed by atoms with Crippen molar-refractivity contribution in [3.63, 3.8) is 0 Å². The molecule has 2 aliphatic rings. The van der Waals surface area contributed by atoms with Gasteiger partial charge in [-0.1, -0.05) is 31.1 Å². The van der Waals surface area contributed by atoms with E-state index in [1.165, 1.54) is 12.1 Å². The molecule has 1 aromatic heterocycles. The molecule has 2 aliphatic heterocycles. The monoisotopic (exact) mass is 914 g/mol. The van der Waals surface area contributed by atoms with Crippen molar-refractivity contribution in [3.8, 4) is 0 Å². The first-order chi connectivity index (χ1) is 26.6. The number of halogens is 1. The molecule has 19 heteroatoms. The van der Waals surface area contributed by atoms with Crippen LogP contribution < -0.4 is 20.5 Å². The lowest BCUT2D eigenvalue weighted by atomic mass is 9.77. The first-order valence-electron chi connectivity index (χ1n) is 18.7. The van der Waals surface area contributed by atoms with Crippen LogP contribution in [0.25, 0.3) is 0 Å². The number of amides is 1. The summed E-state index contributed by atoms with van der Waals surface area (Å²) in [5.74, 6) is -0.225. The standard InChI is InChI=1S/C38H52BrN5O10S3/c1-37(2)31-25-28(39)27-43(21-11-23-55(46,47)48)36(31)42-33(37)13-6-4-7-14-34-38(3,18-9-5-8-15-35(45)41-20-10-19-40)30-26-29(57(52,53)54)16-17-32(30)44(34)22-12-24-56(49,50)51/h4,6-7,13-14,16-17,25-27H,5,8-12,15,18-24,40H2,1-3H3,(H3-,41,45,46,47,48,49,50,51,52,53,54)/p+1. The molecule has 57 heavy (non-hydrogen) atoms. The Morgan fingerprint density at radius 3 is 2.28 bits per heavy atom. The van der Waals surface area contributed by atoms with E-state index < -0.39 is 46.9 Å². The average Bonchev–Trinajstić information content (AvgIpc) is 3.48. The van der Waals surface area contributed by atoms with E-state index in [9.17, 15) is 43.7 Å². The summed E-state index contributed by atoms with van der Waals surface area (Å²) in [5, 5.41) is 2.85. The minimum atomic E-state index is -4.55. The summed E-state index contributed by atoms with van der Waals surface area (Å²) in [4.78, 5) is 18.8. The van der Waals surface area contributed by atoms with Gasteiger partial charge in [0.15, 0.2) is 5.71 Å². The zero-order chi connectivity index (χ0) is 42.2. The van der Waals surface area contributed by atoms with Crippen molar-refractivity contribution >= 4 is 69.4 Å². The second-order valence-corrected chi connectivity index (χ2v) is 20.5. The third-order valence-corrected chi connectivity index (χ3v) is 13.1. The summed E-state index contributed by atoms with van der Waals surface area (Å²) in [6, 6.07) is 6.31. The lowest BCUT2D eigenvalue weighted by Crippen LogP contribution is -2.36. The molecular formula is C38H53BrN5O10S3+. The van der Waals surface area contributed by atoms with E-state index in [0.29, 0.717) is 75.2 Å². The molecule has 1 amide bonds. The molecular weight excluding hydrogens is 863 g/mol. The molecule has 1 aromatic carbocycles. The van der Waals surface area contributed by atoms with Gasteiger partial charge in [0.2, 0.25) is 5.91 Å². The molecule has 2 aromatic rings. The van der Waals surface area contributed by atoms with Gasteiger partial charge in [-0.15, -0.1) is 0 Å². The van der Waals surface area contributed by atoms with Gasteiger partial charge in [-0.2, -0.15) is 25.3 Å². The normalized spacial score (nSPS) is 18.8. The van der Waals surface area contributed by atoms with Gasteiger partial charge in [0, 0.05) is 42.7 Å². The van der Waals surface area contributed by atoms with Gasteiger partial charge in [-0.05, 0) is 116 Å². The second kappa shape index (κ2) is 19.2. The third kappa shape index (κ3) is 12.6. The number of aryl methyl sites for hydroxylation is 1. The molecule has 4 rings (SSSR count). The number of nitrogens with zero attached hydrogens (tertiary/aromatic N) is 3. The Morgan fingerprint density at radius 2 is 1.61 bits per heavy atom. The molecule has 15 nitrogen and oxygen atoms in total. The van der Waals surface area contributed by atoms with Gasteiger partial charge >= 0.3 is 5.82 Å². The lowest BCUT2D eigenvalue weighted by molar-refractivity contribution is -0.684. The molecule has 6 N–H and O–H groups in total. The number of carbonyl (C=O) groups excluding carboxylic acids is 1. The summed E-state index contributed by atoms with van der Waals surface area (Å²) in [7, 11) is -12.9. The average molecular weight is 916 g/mol. The fraction of sp³-hybridized carbons (Fsp3) is 0.500. The number of anilines is 1. The van der Waals surface area contributed by atoms with Crippen LogP contribution in [0.1, 0.15) is 83.3 Å². The number of aromatic nitrogens is 1. The molecule has 0 radical (unpaired) electrons. The van der Waals surface area contributed by atoms with E-state index in [1.54, 1.807) is 6.07 Å². The van der Waals surface area contributed by atoms with Crippen molar-refractivity contribution in [1.82, 2.24) is 5.32 Å². The molecule has 0 saturated heterocycles. The van der Waals surface area contributed by atoms with Gasteiger partial charge in [0.1, 0.15) is 6.20 Å². The number of aliphatic imine (C=N–C) groups is 1. The van der Waals surface area contributed by atoms with Crippen LogP contribution in [-0.2, 0) is 52.5 Å². The topological polar surface area (TPSA) is 238 Å². The highest BCUT2D eigenvalue weighted by Crippen LogP contribution is 2.51. The van der Waals surface area contributed by atoms with Crippen LogP contribution in [0.15, 0.2) is 80.9 Å². The van der Waals surface area contributed by atoms with E-state index in [0.717, 1.165) is 21.4 Å². The Kier molecular flexibility index (Phi) is 15.6. The van der Waals surface area contributed by atoms with Crippen molar-refractivity contribution in [2.24, 2.45) is 10.7 Å². The SMILES string of the molecule is CC1(C)C(/C=C/C=C/C=C2/N(CCCS(=O)(=O)O)c3ccc(S(=O)(=O)O)cc3C2(C)CCCCCC(=O)NCCCN)=Nc2c1cc(Br)c[n+]2CCCS(=O)(=O)O. The number of pyridine rings is 1. The smallest absolute Gasteiger partial charge is 0.327 e. The first-order valence-corrected chi connectivity index (χ1v) is 24.2. The molecule has 0 aliphatic carbocycles. The maximum absolute atomic E-state index is 12.3. The predicted octanol–water partition coefficient (Wildman–Crippen LogP) is 5.09. The van der Waals surface area contributed by atoms with E-state index in [4.69, 9.17) is 10.7 Å². The van der Waals surface area contributed by atoms with Crippen LogP contribution in [0.3, 0.4) is 0 Å². The number of fused-ring (bicyclic) bond motifs is 2. The molecule has 1 unspecified atom stereocenters. The van der Waals surface area contributed by atoms with Crippen LogP contribution in [0.4, 0.5) is 11.5 Å². The zero-order valence-electron chi connectivity index (χ0n) is 32.4. The van der Waals surface area contributed by atoms with Crippen LogP contribution >= 0.6 is 15.9 Å². The number of rotatable bonds is 21. The van der Waals surface area contributed by atoms with Gasteiger partial charge in [-0.25, -0.2) is 4.57 Å². The Labute approximate surface area is 344 Å². The van der Waals surface area contributed by atoms with Crippen molar-refractivity contribution < 1.29 is 48.3 Å². The van der Waals surface area contributed by atoms with Crippen molar-refractivity contribution in [3.05, 3.63) is 82.1 Å². The maximum atomic E-state index is 12.3. The molecule has 0 saturated carbocycles. The van der Waals surface area contributed by atoms with E-state index >= 15 is 0 Å². The summed E-state index contributed by atoms with van der Waals surface area (Å²) in [5.41, 5.74) is 7.94. The summed E-state index contributed by atoms with van der Waals surface area (Å²) < 4.78 is 102. The van der Waals surface area contributed by atoms with E-state index in [-0.39, 0.29) is 35.9 Å². The quantitative estimate of drug-likeness (QED) is 0.0477. The van der Waals surface area contributed by atoms with Gasteiger partial charge in [0.25, 0.3) is 30.4 Å². The number of allylic oxidation sites excluding steroid dienone is 6. The van der Waals surface area contributed by atoms with Crippen molar-refractivity contribution in [2.75, 3.05) is 36.0 Å². The van der Waals surface area contributed by atoms with Crippen LogP contribution in [0, 0.1) is 0 Å². The number of benzene rings is 1. The van der Waals surface area contributed by atoms with Gasteiger partial charge in [-0.3, -0.25) is 18.5 Å². The highest BCUT2D eigenvalue weighted by molar-refractivity contribution is 9.10. The molecule has 1 atom stereocenters. The molecule has 0 fully saturated rings. The minimum absolute atomic E-state index is 0.0546. The predicted molar refractivity (Wildman–Crippen MR) is 224 cm³/mol. The minimum Gasteiger partial charge on any atom is -0.356 e. The van der Waals surface area contributed by atoms with Crippen LogP contribution in [0.2, 0.25) is 0 Å². The first kappa shape index (κ1) is 46.4. The van der Waals surface area contributed by atoms with E-state index in [2.05, 4.69) is 21.2 Å². The molecule has 0 bridgehead atoms. The Hall–Kier alpha value is -3.30. The van der Waals surface area contributed by atoms with Crippen LogP contribution in [0.5, 0.6) is 0 Å². The highest BCUT2D eigenvalue weighted by atomic mass is 79.9. The number of hydrogen-bond donors (Lipinski definition) is 5. The summed E-state index contributed by atoms with van der Waals surface area (Å²) in [6.07, 6.45) is 14.9. The Bertz CT molecular complexity index is 2270. The van der Waals surface area contributed by atoms with Crippen LogP contribution in [-0.4, -0.2) is 81.7 Å². The number of carbonyl (C=O) groups is 1.